The zero-order valence-electron chi connectivity index (χ0n) is 14.0. The molecule has 3 aromatic carbocycles. The highest BCUT2D eigenvalue weighted by molar-refractivity contribution is 7.07. The molecule has 0 bridgehead atoms. The minimum absolute atomic E-state index is 0.0847. The molecule has 0 spiro atoms. The molecule has 128 valence electrons. The van der Waals surface area contributed by atoms with Gasteiger partial charge < -0.3 is 14.6 Å². The standard InChI is InChI=1S/C21H22O3Si/c22-16-18(23)17-24-25(19-10-4-1-5-11-19,20-12-6-2-7-13-20)21-14-8-3-9-15-21/h1-15,18,22-23H,16-17H2/t18-/m0/s1. The number of hydrogen-bond acceptors (Lipinski definition) is 3. The number of rotatable bonds is 7. The summed E-state index contributed by atoms with van der Waals surface area (Å²) in [5.74, 6) is 0. The van der Waals surface area contributed by atoms with Gasteiger partial charge in [-0.2, -0.15) is 0 Å². The summed E-state index contributed by atoms with van der Waals surface area (Å²) in [6, 6.07) is 30.5. The molecule has 0 radical (unpaired) electrons. The largest absolute Gasteiger partial charge is 0.401 e. The molecule has 4 heteroatoms. The molecule has 2 N–H and O–H groups in total. The Morgan fingerprint density at radius 3 is 1.36 bits per heavy atom. The van der Waals surface area contributed by atoms with E-state index in [1.54, 1.807) is 0 Å². The third-order valence-electron chi connectivity index (χ3n) is 4.24. The normalized spacial score (nSPS) is 12.7. The molecular weight excluding hydrogens is 328 g/mol. The SMILES string of the molecule is OC[C@H](O)CO[Si](c1ccccc1)(c1ccccc1)c1ccccc1. The number of aliphatic hydroxyl groups is 2. The molecule has 0 fully saturated rings. The van der Waals surface area contributed by atoms with Crippen LogP contribution in [0.15, 0.2) is 91.0 Å². The topological polar surface area (TPSA) is 49.7 Å². The number of aliphatic hydroxyl groups excluding tert-OH is 2. The predicted octanol–water partition coefficient (Wildman–Crippen LogP) is 1.02. The maximum atomic E-state index is 9.91. The van der Waals surface area contributed by atoms with Crippen molar-refractivity contribution in [2.45, 2.75) is 6.10 Å². The van der Waals surface area contributed by atoms with E-state index in [1.807, 2.05) is 54.6 Å². The molecule has 3 aromatic rings. The first-order chi connectivity index (χ1) is 12.3. The molecule has 0 saturated heterocycles. The van der Waals surface area contributed by atoms with Gasteiger partial charge >= 0.3 is 0 Å². The fourth-order valence-electron chi connectivity index (χ4n) is 3.04. The van der Waals surface area contributed by atoms with E-state index in [1.165, 1.54) is 0 Å². The fourth-order valence-corrected chi connectivity index (χ4v) is 6.97. The van der Waals surface area contributed by atoms with Crippen molar-refractivity contribution in [3.63, 3.8) is 0 Å². The van der Waals surface area contributed by atoms with Crippen LogP contribution in [-0.2, 0) is 4.43 Å². The molecule has 0 amide bonds. The molecule has 3 rings (SSSR count). The van der Waals surface area contributed by atoms with Crippen molar-refractivity contribution >= 4 is 23.9 Å². The van der Waals surface area contributed by atoms with Gasteiger partial charge in [0, 0.05) is 0 Å². The van der Waals surface area contributed by atoms with Gasteiger partial charge in [-0.25, -0.2) is 0 Å². The lowest BCUT2D eigenvalue weighted by atomic mass is 10.3. The van der Waals surface area contributed by atoms with Gasteiger partial charge in [-0.1, -0.05) is 91.0 Å². The van der Waals surface area contributed by atoms with Crippen LogP contribution in [0.4, 0.5) is 0 Å². The third-order valence-corrected chi connectivity index (χ3v) is 8.28. The summed E-state index contributed by atoms with van der Waals surface area (Å²) in [6.45, 7) is -0.232. The first-order valence-electron chi connectivity index (χ1n) is 8.37. The Balaban J connectivity index is 2.20. The van der Waals surface area contributed by atoms with Crippen molar-refractivity contribution in [1.29, 1.82) is 0 Å². The van der Waals surface area contributed by atoms with E-state index >= 15 is 0 Å². The highest BCUT2D eigenvalue weighted by Crippen LogP contribution is 2.10. The monoisotopic (exact) mass is 350 g/mol. The zero-order chi connectivity index (χ0) is 17.5. The molecule has 0 saturated carbocycles. The molecule has 0 aliphatic rings. The lowest BCUT2D eigenvalue weighted by molar-refractivity contribution is 0.0529. The van der Waals surface area contributed by atoms with Crippen molar-refractivity contribution < 1.29 is 14.6 Å². The second kappa shape index (κ2) is 8.23. The highest BCUT2D eigenvalue weighted by atomic mass is 28.4. The quantitative estimate of drug-likeness (QED) is 0.494. The van der Waals surface area contributed by atoms with Crippen molar-refractivity contribution in [1.82, 2.24) is 0 Å². The minimum Gasteiger partial charge on any atom is -0.401 e. The summed E-state index contributed by atoms with van der Waals surface area (Å²) in [6.07, 6.45) is -0.900. The summed E-state index contributed by atoms with van der Waals surface area (Å²) < 4.78 is 6.47. The van der Waals surface area contributed by atoms with Gasteiger partial charge in [0.2, 0.25) is 0 Å². The van der Waals surface area contributed by atoms with E-state index in [0.29, 0.717) is 0 Å². The second-order valence-electron chi connectivity index (χ2n) is 5.93. The van der Waals surface area contributed by atoms with Crippen LogP contribution in [-0.4, -0.2) is 37.8 Å². The Kier molecular flexibility index (Phi) is 5.78. The maximum absolute atomic E-state index is 9.91. The van der Waals surface area contributed by atoms with Crippen molar-refractivity contribution in [2.75, 3.05) is 13.2 Å². The lowest BCUT2D eigenvalue weighted by Gasteiger charge is -2.33. The van der Waals surface area contributed by atoms with E-state index in [0.717, 1.165) is 15.6 Å². The summed E-state index contributed by atoms with van der Waals surface area (Å²) in [4.78, 5) is 0. The Labute approximate surface area is 149 Å². The summed E-state index contributed by atoms with van der Waals surface area (Å²) in [5.41, 5.74) is 0. The van der Waals surface area contributed by atoms with Gasteiger partial charge in [0.1, 0.15) is 0 Å². The average molecular weight is 350 g/mol. The summed E-state index contributed by atoms with van der Waals surface area (Å²) in [7, 11) is -2.77. The molecule has 0 aliphatic heterocycles. The van der Waals surface area contributed by atoms with Gasteiger partial charge in [0.25, 0.3) is 8.32 Å². The summed E-state index contributed by atoms with van der Waals surface area (Å²) >= 11 is 0. The molecule has 1 atom stereocenters. The first-order valence-corrected chi connectivity index (χ1v) is 10.3. The Bertz CT molecular complexity index is 666. The van der Waals surface area contributed by atoms with Crippen LogP contribution in [0, 0.1) is 0 Å². The Morgan fingerprint density at radius 1 is 0.680 bits per heavy atom. The van der Waals surface area contributed by atoms with Crippen molar-refractivity contribution in [3.8, 4) is 0 Å². The van der Waals surface area contributed by atoms with E-state index in [-0.39, 0.29) is 13.2 Å². The lowest BCUT2D eigenvalue weighted by Crippen LogP contribution is -2.69. The molecule has 0 unspecified atom stereocenters. The maximum Gasteiger partial charge on any atom is 0.288 e. The fraction of sp³-hybridized carbons (Fsp3) is 0.143. The second-order valence-corrected chi connectivity index (χ2v) is 9.31. The van der Waals surface area contributed by atoms with Crippen LogP contribution in [0.1, 0.15) is 0 Å². The Morgan fingerprint density at radius 2 is 1.04 bits per heavy atom. The molecule has 3 nitrogen and oxygen atoms in total. The van der Waals surface area contributed by atoms with E-state index in [9.17, 15) is 10.2 Å². The van der Waals surface area contributed by atoms with Gasteiger partial charge in [-0.15, -0.1) is 0 Å². The van der Waals surface area contributed by atoms with Crippen molar-refractivity contribution in [2.24, 2.45) is 0 Å². The van der Waals surface area contributed by atoms with E-state index in [2.05, 4.69) is 36.4 Å². The van der Waals surface area contributed by atoms with Crippen LogP contribution >= 0.6 is 0 Å². The molecule has 0 heterocycles. The van der Waals surface area contributed by atoms with Gasteiger partial charge in [-0.3, -0.25) is 0 Å². The van der Waals surface area contributed by atoms with Crippen LogP contribution < -0.4 is 15.6 Å². The van der Waals surface area contributed by atoms with Crippen LogP contribution in [0.2, 0.25) is 0 Å². The van der Waals surface area contributed by atoms with E-state index < -0.39 is 14.4 Å². The molecular formula is C21H22O3Si. The number of hydrogen-bond donors (Lipinski definition) is 2. The van der Waals surface area contributed by atoms with E-state index in [4.69, 9.17) is 4.43 Å². The third kappa shape index (κ3) is 3.72. The zero-order valence-corrected chi connectivity index (χ0v) is 15.0. The summed E-state index contributed by atoms with van der Waals surface area (Å²) in [5, 5.41) is 22.5. The predicted molar refractivity (Wildman–Crippen MR) is 103 cm³/mol. The smallest absolute Gasteiger partial charge is 0.288 e. The highest BCUT2D eigenvalue weighted by Gasteiger charge is 2.42. The number of benzene rings is 3. The molecule has 25 heavy (non-hydrogen) atoms. The van der Waals surface area contributed by atoms with Gasteiger partial charge in [0.15, 0.2) is 0 Å². The van der Waals surface area contributed by atoms with Gasteiger partial charge in [-0.05, 0) is 15.6 Å². The van der Waals surface area contributed by atoms with Crippen LogP contribution in [0.25, 0.3) is 0 Å². The average Bonchev–Trinajstić information content (AvgIpc) is 2.71. The first kappa shape index (κ1) is 17.6. The van der Waals surface area contributed by atoms with Crippen LogP contribution in [0.5, 0.6) is 0 Å². The molecule has 0 aliphatic carbocycles. The van der Waals surface area contributed by atoms with Crippen LogP contribution in [0.3, 0.4) is 0 Å². The van der Waals surface area contributed by atoms with Crippen molar-refractivity contribution in [3.05, 3.63) is 91.0 Å². The minimum atomic E-state index is -2.77. The Hall–Kier alpha value is -2.24. The molecule has 0 aromatic heterocycles. The van der Waals surface area contributed by atoms with Gasteiger partial charge in [0.05, 0.1) is 19.3 Å².